The third-order valence-electron chi connectivity index (χ3n) is 0.940. The van der Waals surface area contributed by atoms with Gasteiger partial charge in [-0.2, -0.15) is 0 Å². The minimum absolute atomic E-state index is 0. The number of halogens is 1. The van der Waals surface area contributed by atoms with Gasteiger partial charge in [0, 0.05) is 5.69 Å². The van der Waals surface area contributed by atoms with Crippen molar-refractivity contribution in [3.63, 3.8) is 0 Å². The number of para-hydroxylation sites is 1. The molecule has 1 rings (SSSR count). The maximum absolute atomic E-state index is 2.94. The summed E-state index contributed by atoms with van der Waals surface area (Å²) in [5.41, 5.74) is 1.12. The van der Waals surface area contributed by atoms with Crippen LogP contribution in [0.25, 0.3) is 0 Å². The molecule has 3 heteroatoms. The zero-order valence-electron chi connectivity index (χ0n) is 4.87. The van der Waals surface area contributed by atoms with Crippen molar-refractivity contribution in [1.82, 2.24) is 0 Å². The van der Waals surface area contributed by atoms with Crippen molar-refractivity contribution in [2.75, 3.05) is 5.09 Å². The Morgan fingerprint density at radius 2 is 1.67 bits per heavy atom. The number of anilines is 1. The van der Waals surface area contributed by atoms with Crippen LogP contribution >= 0.6 is 21.8 Å². The highest BCUT2D eigenvalue weighted by molar-refractivity contribution is 7.18. The molecule has 0 amide bonds. The molecule has 0 aliphatic heterocycles. The van der Waals surface area contributed by atoms with E-state index in [1.54, 1.807) is 0 Å². The summed E-state index contributed by atoms with van der Waals surface area (Å²) in [4.78, 5) is 0. The molecule has 0 saturated carbocycles. The highest BCUT2D eigenvalue weighted by atomic mass is 35.5. The summed E-state index contributed by atoms with van der Waals surface area (Å²) in [6.45, 7) is 0. The molecule has 0 fully saturated rings. The van der Waals surface area contributed by atoms with Gasteiger partial charge in [0.2, 0.25) is 0 Å². The van der Waals surface area contributed by atoms with E-state index in [0.29, 0.717) is 0 Å². The van der Waals surface area contributed by atoms with Gasteiger partial charge in [-0.15, -0.1) is 12.4 Å². The second-order valence-corrected chi connectivity index (χ2v) is 1.80. The normalized spacial score (nSPS) is 7.67. The molecule has 9 heavy (non-hydrogen) atoms. The second kappa shape index (κ2) is 4.60. The summed E-state index contributed by atoms with van der Waals surface area (Å²) >= 11 is 0. The molecule has 0 spiro atoms. The summed E-state index contributed by atoms with van der Waals surface area (Å²) in [6, 6.07) is 9.99. The van der Waals surface area contributed by atoms with Crippen molar-refractivity contribution >= 4 is 27.5 Å². The lowest BCUT2D eigenvalue weighted by Crippen LogP contribution is -1.74. The smallest absolute Gasteiger partial charge is 0.0368 e. The van der Waals surface area contributed by atoms with Crippen LogP contribution in [0.3, 0.4) is 0 Å². The number of nitrogens with one attached hydrogen (secondary N) is 1. The molecule has 1 N–H and O–H groups in total. The number of rotatable bonds is 1. The van der Waals surface area contributed by atoms with Crippen LogP contribution in [-0.2, 0) is 0 Å². The summed E-state index contributed by atoms with van der Waals surface area (Å²) < 4.78 is 0. The summed E-state index contributed by atoms with van der Waals surface area (Å²) in [7, 11) is 2.44. The summed E-state index contributed by atoms with van der Waals surface area (Å²) in [6.07, 6.45) is 0. The maximum atomic E-state index is 2.94. The van der Waals surface area contributed by atoms with Crippen molar-refractivity contribution in [2.45, 2.75) is 0 Å². The van der Waals surface area contributed by atoms with E-state index >= 15 is 0 Å². The average Bonchev–Trinajstić information content (AvgIpc) is 1.90. The van der Waals surface area contributed by atoms with Crippen LogP contribution in [-0.4, -0.2) is 0 Å². The highest BCUT2D eigenvalue weighted by Crippen LogP contribution is 2.05. The van der Waals surface area contributed by atoms with Gasteiger partial charge in [0.05, 0.1) is 0 Å². The predicted octanol–water partition coefficient (Wildman–Crippen LogP) is 2.31. The van der Waals surface area contributed by atoms with Gasteiger partial charge in [-0.1, -0.05) is 18.2 Å². The van der Waals surface area contributed by atoms with Crippen molar-refractivity contribution in [1.29, 1.82) is 0 Å². The Bertz CT molecular complexity index is 154. The van der Waals surface area contributed by atoms with E-state index in [-0.39, 0.29) is 12.4 Å². The molecule has 1 aromatic carbocycles. The van der Waals surface area contributed by atoms with Crippen molar-refractivity contribution in [2.24, 2.45) is 0 Å². The van der Waals surface area contributed by atoms with Crippen LogP contribution in [0.2, 0.25) is 0 Å². The van der Waals surface area contributed by atoms with Gasteiger partial charge in [0.25, 0.3) is 0 Å². The molecular weight excluding hydrogens is 152 g/mol. The molecule has 0 bridgehead atoms. The average molecular weight is 162 g/mol. The van der Waals surface area contributed by atoms with Gasteiger partial charge in [-0.05, 0) is 21.5 Å². The van der Waals surface area contributed by atoms with Crippen LogP contribution in [0.1, 0.15) is 0 Å². The topological polar surface area (TPSA) is 12.0 Å². The molecule has 1 unspecified atom stereocenters. The lowest BCUT2D eigenvalue weighted by atomic mass is 10.3. The minimum atomic E-state index is 0. The van der Waals surface area contributed by atoms with E-state index in [2.05, 4.69) is 14.5 Å². The van der Waals surface area contributed by atoms with Crippen LogP contribution in [0, 0.1) is 0 Å². The molecule has 0 aliphatic carbocycles. The Morgan fingerprint density at radius 1 is 1.11 bits per heavy atom. The minimum Gasteiger partial charge on any atom is -0.369 e. The van der Waals surface area contributed by atoms with E-state index in [0.717, 1.165) is 5.69 Å². The number of benzene rings is 1. The van der Waals surface area contributed by atoms with Gasteiger partial charge in [-0.3, -0.25) is 0 Å². The third kappa shape index (κ3) is 2.69. The van der Waals surface area contributed by atoms with E-state index in [9.17, 15) is 0 Å². The second-order valence-electron chi connectivity index (χ2n) is 1.51. The molecule has 0 radical (unpaired) electrons. The predicted molar refractivity (Wildman–Crippen MR) is 47.0 cm³/mol. The SMILES string of the molecule is Cl.PNc1ccccc1. The fourth-order valence-electron chi connectivity index (χ4n) is 0.534. The standard InChI is InChI=1S/C6H8NP.ClH/c8-7-6-4-2-1-3-5-6;/h1-5,7H,8H2;1H. The van der Waals surface area contributed by atoms with E-state index in [1.807, 2.05) is 30.3 Å². The molecular formula is C6H9ClNP. The van der Waals surface area contributed by atoms with Crippen molar-refractivity contribution in [3.05, 3.63) is 30.3 Å². The van der Waals surface area contributed by atoms with E-state index in [1.165, 1.54) is 0 Å². The molecule has 0 saturated heterocycles. The van der Waals surface area contributed by atoms with Crippen LogP contribution in [0.15, 0.2) is 30.3 Å². The largest absolute Gasteiger partial charge is 0.369 e. The van der Waals surface area contributed by atoms with Gasteiger partial charge in [0.15, 0.2) is 0 Å². The van der Waals surface area contributed by atoms with Crippen LogP contribution in [0.4, 0.5) is 5.69 Å². The Morgan fingerprint density at radius 3 is 2.00 bits per heavy atom. The van der Waals surface area contributed by atoms with Crippen molar-refractivity contribution < 1.29 is 0 Å². The Kier molecular flexibility index (Phi) is 4.47. The first-order valence-corrected chi connectivity index (χ1v) is 3.03. The molecule has 1 nitrogen and oxygen atoms in total. The Balaban J connectivity index is 0.000000640. The molecule has 50 valence electrons. The lowest BCUT2D eigenvalue weighted by Gasteiger charge is -1.93. The number of hydrogen-bond acceptors (Lipinski definition) is 1. The molecule has 0 aromatic heterocycles. The first-order chi connectivity index (χ1) is 3.93. The lowest BCUT2D eigenvalue weighted by molar-refractivity contribution is 1.69. The van der Waals surface area contributed by atoms with Crippen molar-refractivity contribution in [3.8, 4) is 0 Å². The van der Waals surface area contributed by atoms with Crippen LogP contribution in [0.5, 0.6) is 0 Å². The Labute approximate surface area is 63.5 Å². The highest BCUT2D eigenvalue weighted by Gasteiger charge is 1.78. The molecule has 1 atom stereocenters. The van der Waals surface area contributed by atoms with Gasteiger partial charge < -0.3 is 5.09 Å². The number of hydrogen-bond donors (Lipinski definition) is 1. The van der Waals surface area contributed by atoms with Gasteiger partial charge in [0.1, 0.15) is 0 Å². The quantitative estimate of drug-likeness (QED) is 0.624. The maximum Gasteiger partial charge on any atom is 0.0368 e. The monoisotopic (exact) mass is 161 g/mol. The molecule has 0 heterocycles. The van der Waals surface area contributed by atoms with Gasteiger partial charge in [-0.25, -0.2) is 0 Å². The molecule has 1 aromatic rings. The fraction of sp³-hybridized carbons (Fsp3) is 0. The van der Waals surface area contributed by atoms with E-state index < -0.39 is 0 Å². The zero-order chi connectivity index (χ0) is 5.82. The fourth-order valence-corrected chi connectivity index (χ4v) is 0.727. The first kappa shape index (κ1) is 8.74. The zero-order valence-corrected chi connectivity index (χ0v) is 6.84. The summed E-state index contributed by atoms with van der Waals surface area (Å²) in [5, 5.41) is 2.94. The summed E-state index contributed by atoms with van der Waals surface area (Å²) in [5.74, 6) is 0. The molecule has 0 aliphatic rings. The third-order valence-corrected chi connectivity index (χ3v) is 1.27. The van der Waals surface area contributed by atoms with Crippen LogP contribution < -0.4 is 5.09 Å². The Hall–Kier alpha value is -0.260. The van der Waals surface area contributed by atoms with Gasteiger partial charge >= 0.3 is 0 Å². The van der Waals surface area contributed by atoms with E-state index in [4.69, 9.17) is 0 Å². The first-order valence-electron chi connectivity index (χ1n) is 2.45.